The van der Waals surface area contributed by atoms with Gasteiger partial charge in [0.2, 0.25) is 10.0 Å². The van der Waals surface area contributed by atoms with Crippen molar-refractivity contribution in [2.75, 3.05) is 37.3 Å². The molecule has 33 heavy (non-hydrogen) atoms. The van der Waals surface area contributed by atoms with Crippen LogP contribution < -0.4 is 9.62 Å². The molecule has 1 N–H and O–H groups in total. The molecule has 3 rings (SSSR count). The number of amides is 1. The second-order valence-electron chi connectivity index (χ2n) is 8.50. The maximum atomic E-state index is 13.2. The summed E-state index contributed by atoms with van der Waals surface area (Å²) in [7, 11) is -3.76. The van der Waals surface area contributed by atoms with Gasteiger partial charge < -0.3 is 9.80 Å². The van der Waals surface area contributed by atoms with E-state index in [1.807, 2.05) is 35.4 Å². The molecule has 2 aromatic carbocycles. The predicted molar refractivity (Wildman–Crippen MR) is 137 cm³/mol. The summed E-state index contributed by atoms with van der Waals surface area (Å²) in [6.45, 7) is 9.89. The standard InChI is InChI=1S/C25H35N3O3S2/c1-5-27(6-2)21-9-7-20(8-10-21)18-26-33(30,31)22-11-12-24(32-4)23(17-22)25(29)28-15-13-19(3)14-16-28/h7-12,17,19,26H,5-6,13-16,18H2,1-4H3. The molecule has 180 valence electrons. The van der Waals surface area contributed by atoms with Crippen molar-refractivity contribution in [3.05, 3.63) is 53.6 Å². The van der Waals surface area contributed by atoms with Gasteiger partial charge in [0.05, 0.1) is 10.5 Å². The lowest BCUT2D eigenvalue weighted by molar-refractivity contribution is 0.0693. The summed E-state index contributed by atoms with van der Waals surface area (Å²) in [6, 6.07) is 12.8. The lowest BCUT2D eigenvalue weighted by atomic mass is 9.98. The van der Waals surface area contributed by atoms with Crippen molar-refractivity contribution in [3.63, 3.8) is 0 Å². The zero-order valence-corrected chi connectivity index (χ0v) is 21.6. The lowest BCUT2D eigenvalue weighted by Crippen LogP contribution is -2.38. The van der Waals surface area contributed by atoms with E-state index in [2.05, 4.69) is 30.4 Å². The number of anilines is 1. The third-order valence-corrected chi connectivity index (χ3v) is 8.51. The number of rotatable bonds is 9. The van der Waals surface area contributed by atoms with Crippen LogP contribution in [0.25, 0.3) is 0 Å². The van der Waals surface area contributed by atoms with Crippen LogP contribution in [0.5, 0.6) is 0 Å². The number of likely N-dealkylation sites (tertiary alicyclic amines) is 1. The number of hydrogen-bond donors (Lipinski definition) is 1. The normalized spacial score (nSPS) is 15.0. The summed E-state index contributed by atoms with van der Waals surface area (Å²) in [6.07, 6.45) is 3.86. The quantitative estimate of drug-likeness (QED) is 0.521. The second-order valence-corrected chi connectivity index (χ2v) is 11.1. The molecule has 2 aromatic rings. The zero-order valence-electron chi connectivity index (χ0n) is 20.0. The fourth-order valence-corrected chi connectivity index (χ4v) is 5.69. The first kappa shape index (κ1) is 25.6. The molecule has 0 radical (unpaired) electrons. The minimum absolute atomic E-state index is 0.0877. The number of sulfonamides is 1. The summed E-state index contributed by atoms with van der Waals surface area (Å²) in [5.74, 6) is 0.529. The SMILES string of the molecule is CCN(CC)c1ccc(CNS(=O)(=O)c2ccc(SC)c(C(=O)N3CCC(C)CC3)c2)cc1. The number of thioether (sulfide) groups is 1. The van der Waals surface area contributed by atoms with Crippen LogP contribution in [0.3, 0.4) is 0 Å². The highest BCUT2D eigenvalue weighted by Crippen LogP contribution is 2.27. The van der Waals surface area contributed by atoms with Crippen LogP contribution in [0, 0.1) is 5.92 Å². The van der Waals surface area contributed by atoms with Crippen molar-refractivity contribution in [2.24, 2.45) is 5.92 Å². The molecule has 1 saturated heterocycles. The van der Waals surface area contributed by atoms with Gasteiger partial charge in [-0.05, 0) is 74.8 Å². The van der Waals surface area contributed by atoms with Crippen LogP contribution in [-0.2, 0) is 16.6 Å². The molecule has 1 aliphatic heterocycles. The van der Waals surface area contributed by atoms with E-state index in [1.165, 1.54) is 17.8 Å². The second kappa shape index (κ2) is 11.4. The van der Waals surface area contributed by atoms with Crippen molar-refractivity contribution >= 4 is 33.4 Å². The molecule has 0 aromatic heterocycles. The number of hydrogen-bond acceptors (Lipinski definition) is 5. The van der Waals surface area contributed by atoms with Gasteiger partial charge in [0.1, 0.15) is 0 Å². The minimum Gasteiger partial charge on any atom is -0.372 e. The Hall–Kier alpha value is -2.03. The third kappa shape index (κ3) is 6.31. The lowest BCUT2D eigenvalue weighted by Gasteiger charge is -2.30. The van der Waals surface area contributed by atoms with E-state index < -0.39 is 10.0 Å². The number of benzene rings is 2. The van der Waals surface area contributed by atoms with Gasteiger partial charge in [-0.3, -0.25) is 4.79 Å². The summed E-state index contributed by atoms with van der Waals surface area (Å²) < 4.78 is 28.7. The first-order valence-electron chi connectivity index (χ1n) is 11.6. The van der Waals surface area contributed by atoms with Crippen molar-refractivity contribution in [2.45, 2.75) is 49.9 Å². The highest BCUT2D eigenvalue weighted by molar-refractivity contribution is 7.98. The molecule has 1 fully saturated rings. The van der Waals surface area contributed by atoms with Gasteiger partial charge in [-0.25, -0.2) is 13.1 Å². The van der Waals surface area contributed by atoms with Crippen LogP contribution in [-0.4, -0.2) is 51.7 Å². The van der Waals surface area contributed by atoms with E-state index in [4.69, 9.17) is 0 Å². The van der Waals surface area contributed by atoms with E-state index in [1.54, 1.807) is 12.1 Å². The Morgan fingerprint density at radius 3 is 2.30 bits per heavy atom. The molecule has 0 atom stereocenters. The van der Waals surface area contributed by atoms with E-state index in [0.717, 1.165) is 42.1 Å². The van der Waals surface area contributed by atoms with Crippen molar-refractivity contribution in [1.82, 2.24) is 9.62 Å². The summed E-state index contributed by atoms with van der Waals surface area (Å²) in [4.78, 5) is 18.2. The Balaban J connectivity index is 1.75. The Morgan fingerprint density at radius 2 is 1.73 bits per heavy atom. The van der Waals surface area contributed by atoms with E-state index in [0.29, 0.717) is 24.6 Å². The van der Waals surface area contributed by atoms with Crippen LogP contribution >= 0.6 is 11.8 Å². The summed E-state index contributed by atoms with van der Waals surface area (Å²) >= 11 is 1.46. The highest BCUT2D eigenvalue weighted by Gasteiger charge is 2.25. The maximum absolute atomic E-state index is 13.2. The molecule has 8 heteroatoms. The highest BCUT2D eigenvalue weighted by atomic mass is 32.2. The number of piperidine rings is 1. The molecule has 0 spiro atoms. The number of carbonyl (C=O) groups excluding carboxylic acids is 1. The maximum Gasteiger partial charge on any atom is 0.255 e. The number of nitrogens with one attached hydrogen (secondary N) is 1. The number of nitrogens with zero attached hydrogens (tertiary/aromatic N) is 2. The molecule has 6 nitrogen and oxygen atoms in total. The molecular weight excluding hydrogens is 454 g/mol. The van der Waals surface area contributed by atoms with Gasteiger partial charge in [-0.1, -0.05) is 19.1 Å². The Morgan fingerprint density at radius 1 is 1.09 bits per heavy atom. The van der Waals surface area contributed by atoms with E-state index >= 15 is 0 Å². The third-order valence-electron chi connectivity index (χ3n) is 6.31. The van der Waals surface area contributed by atoms with Crippen molar-refractivity contribution in [3.8, 4) is 0 Å². The van der Waals surface area contributed by atoms with Crippen LogP contribution in [0.4, 0.5) is 5.69 Å². The predicted octanol–water partition coefficient (Wildman–Crippen LogP) is 4.61. The van der Waals surface area contributed by atoms with Gasteiger partial charge in [-0.2, -0.15) is 0 Å². The van der Waals surface area contributed by atoms with E-state index in [9.17, 15) is 13.2 Å². The van der Waals surface area contributed by atoms with Gasteiger partial charge in [0.15, 0.2) is 0 Å². The monoisotopic (exact) mass is 489 g/mol. The molecule has 0 bridgehead atoms. The van der Waals surface area contributed by atoms with Gasteiger partial charge >= 0.3 is 0 Å². The Bertz CT molecular complexity index is 1040. The summed E-state index contributed by atoms with van der Waals surface area (Å²) in [5, 5.41) is 0. The smallest absolute Gasteiger partial charge is 0.255 e. The summed E-state index contributed by atoms with van der Waals surface area (Å²) in [5.41, 5.74) is 2.46. The minimum atomic E-state index is -3.76. The molecule has 1 heterocycles. The Labute approximate surface area is 202 Å². The zero-order chi connectivity index (χ0) is 24.0. The van der Waals surface area contributed by atoms with Gasteiger partial charge in [-0.15, -0.1) is 11.8 Å². The average Bonchev–Trinajstić information content (AvgIpc) is 2.84. The van der Waals surface area contributed by atoms with Gasteiger partial charge in [0.25, 0.3) is 5.91 Å². The van der Waals surface area contributed by atoms with Crippen molar-refractivity contribution in [1.29, 1.82) is 0 Å². The molecule has 0 unspecified atom stereocenters. The molecule has 1 aliphatic rings. The van der Waals surface area contributed by atoms with Crippen LogP contribution in [0.15, 0.2) is 52.3 Å². The molecular formula is C25H35N3O3S2. The fraction of sp³-hybridized carbons (Fsp3) is 0.480. The topological polar surface area (TPSA) is 69.7 Å². The van der Waals surface area contributed by atoms with E-state index in [-0.39, 0.29) is 17.3 Å². The van der Waals surface area contributed by atoms with Crippen LogP contribution in [0.2, 0.25) is 0 Å². The fourth-order valence-electron chi connectivity index (χ4n) is 4.08. The first-order chi connectivity index (χ1) is 15.8. The van der Waals surface area contributed by atoms with Crippen LogP contribution in [0.1, 0.15) is 49.5 Å². The van der Waals surface area contributed by atoms with Crippen molar-refractivity contribution < 1.29 is 13.2 Å². The van der Waals surface area contributed by atoms with Gasteiger partial charge in [0, 0.05) is 43.3 Å². The average molecular weight is 490 g/mol. The number of carbonyl (C=O) groups is 1. The Kier molecular flexibility index (Phi) is 8.84. The molecule has 1 amide bonds. The molecule has 0 aliphatic carbocycles. The largest absolute Gasteiger partial charge is 0.372 e. The first-order valence-corrected chi connectivity index (χ1v) is 14.3. The molecule has 0 saturated carbocycles.